The fourth-order valence-electron chi connectivity index (χ4n) is 2.92. The van der Waals surface area contributed by atoms with Crippen LogP contribution in [0.15, 0.2) is 12.1 Å². The number of amides is 1. The monoisotopic (exact) mass is 348 g/mol. The van der Waals surface area contributed by atoms with E-state index in [1.54, 1.807) is 6.07 Å². The summed E-state index contributed by atoms with van der Waals surface area (Å²) in [5.41, 5.74) is 2.22. The van der Waals surface area contributed by atoms with Crippen LogP contribution in [0.25, 0.3) is 0 Å². The van der Waals surface area contributed by atoms with Crippen molar-refractivity contribution < 1.29 is 4.79 Å². The van der Waals surface area contributed by atoms with Crippen molar-refractivity contribution in [3.8, 4) is 0 Å². The molecule has 6 heteroatoms. The molecule has 1 aromatic carbocycles. The molecule has 21 heavy (non-hydrogen) atoms. The van der Waals surface area contributed by atoms with Gasteiger partial charge >= 0.3 is 0 Å². The Morgan fingerprint density at radius 1 is 1.38 bits per heavy atom. The van der Waals surface area contributed by atoms with Crippen LogP contribution >= 0.6 is 35.6 Å². The van der Waals surface area contributed by atoms with Gasteiger partial charge in [0.2, 0.25) is 5.91 Å². The van der Waals surface area contributed by atoms with Crippen LogP contribution in [0.2, 0.25) is 10.0 Å². The standard InChI is InChI=1S/C15H18Cl2N2O.ClH/c1-9(11-6-18-7-11)15(20)19-3-2-10-4-12(16)5-14(17)13(10)8-19;/h4-5,9,11,18H,2-3,6-8H2,1H3;1H. The molecule has 1 atom stereocenters. The lowest BCUT2D eigenvalue weighted by Gasteiger charge is -2.37. The minimum Gasteiger partial charge on any atom is -0.338 e. The molecule has 0 bridgehead atoms. The Kier molecular flexibility index (Phi) is 5.42. The van der Waals surface area contributed by atoms with E-state index >= 15 is 0 Å². The minimum atomic E-state index is 0. The summed E-state index contributed by atoms with van der Waals surface area (Å²) in [6.07, 6.45) is 0.830. The first-order chi connectivity index (χ1) is 9.56. The van der Waals surface area contributed by atoms with E-state index in [9.17, 15) is 4.79 Å². The van der Waals surface area contributed by atoms with Crippen LogP contribution in [0.4, 0.5) is 0 Å². The van der Waals surface area contributed by atoms with Gasteiger partial charge in [-0.1, -0.05) is 30.1 Å². The highest BCUT2D eigenvalue weighted by Crippen LogP contribution is 2.31. The van der Waals surface area contributed by atoms with E-state index in [-0.39, 0.29) is 24.2 Å². The summed E-state index contributed by atoms with van der Waals surface area (Å²) >= 11 is 12.3. The maximum absolute atomic E-state index is 12.5. The van der Waals surface area contributed by atoms with Gasteiger partial charge in [-0.05, 0) is 48.7 Å². The van der Waals surface area contributed by atoms with Crippen LogP contribution in [0.1, 0.15) is 18.1 Å². The number of carbonyl (C=O) groups is 1. The number of rotatable bonds is 2. The quantitative estimate of drug-likeness (QED) is 0.889. The summed E-state index contributed by atoms with van der Waals surface area (Å²) in [5, 5.41) is 4.56. The summed E-state index contributed by atoms with van der Waals surface area (Å²) in [5.74, 6) is 0.807. The Labute approximate surface area is 141 Å². The summed E-state index contributed by atoms with van der Waals surface area (Å²) in [4.78, 5) is 14.5. The molecule has 116 valence electrons. The Hall–Kier alpha value is -0.480. The van der Waals surface area contributed by atoms with E-state index in [1.807, 2.05) is 17.9 Å². The normalized spacial score (nSPS) is 19.3. The third-order valence-corrected chi connectivity index (χ3v) is 5.03. The van der Waals surface area contributed by atoms with Gasteiger partial charge in [-0.3, -0.25) is 4.79 Å². The van der Waals surface area contributed by atoms with Crippen molar-refractivity contribution in [1.82, 2.24) is 10.2 Å². The first-order valence-electron chi connectivity index (χ1n) is 7.02. The fraction of sp³-hybridized carbons (Fsp3) is 0.533. The van der Waals surface area contributed by atoms with Gasteiger partial charge in [-0.2, -0.15) is 0 Å². The number of halogens is 3. The van der Waals surface area contributed by atoms with Gasteiger partial charge in [-0.25, -0.2) is 0 Å². The maximum Gasteiger partial charge on any atom is 0.226 e. The molecule has 1 saturated heterocycles. The van der Waals surface area contributed by atoms with Gasteiger partial charge in [-0.15, -0.1) is 12.4 Å². The average Bonchev–Trinajstić information content (AvgIpc) is 2.35. The largest absolute Gasteiger partial charge is 0.338 e. The zero-order chi connectivity index (χ0) is 14.3. The third kappa shape index (κ3) is 3.31. The molecule has 0 spiro atoms. The molecule has 3 nitrogen and oxygen atoms in total. The van der Waals surface area contributed by atoms with E-state index in [0.29, 0.717) is 22.5 Å². The molecule has 2 aliphatic heterocycles. The summed E-state index contributed by atoms with van der Waals surface area (Å²) in [6, 6.07) is 3.72. The SMILES string of the molecule is CC(C(=O)N1CCc2cc(Cl)cc(Cl)c2C1)C1CNC1.Cl. The number of fused-ring (bicyclic) bond motifs is 1. The number of hydrogen-bond donors (Lipinski definition) is 1. The molecule has 1 amide bonds. The number of hydrogen-bond acceptors (Lipinski definition) is 2. The summed E-state index contributed by atoms with van der Waals surface area (Å²) < 4.78 is 0. The van der Waals surface area contributed by atoms with Gasteiger partial charge in [0, 0.05) is 29.1 Å². The third-order valence-electron chi connectivity index (χ3n) is 4.47. The molecule has 3 rings (SSSR count). The molecule has 1 aromatic rings. The van der Waals surface area contributed by atoms with E-state index in [1.165, 1.54) is 5.56 Å². The van der Waals surface area contributed by atoms with Crippen molar-refractivity contribution in [2.75, 3.05) is 19.6 Å². The molecule has 0 radical (unpaired) electrons. The Bertz CT molecular complexity index is 546. The van der Waals surface area contributed by atoms with E-state index in [0.717, 1.165) is 31.6 Å². The second-order valence-electron chi connectivity index (χ2n) is 5.74. The first-order valence-corrected chi connectivity index (χ1v) is 7.78. The van der Waals surface area contributed by atoms with Crippen molar-refractivity contribution in [3.63, 3.8) is 0 Å². The fourth-order valence-corrected chi connectivity index (χ4v) is 3.52. The van der Waals surface area contributed by atoms with Crippen molar-refractivity contribution in [1.29, 1.82) is 0 Å². The van der Waals surface area contributed by atoms with Crippen molar-refractivity contribution in [2.45, 2.75) is 19.9 Å². The van der Waals surface area contributed by atoms with Crippen LogP contribution in [-0.2, 0) is 17.8 Å². The lowest BCUT2D eigenvalue weighted by Crippen LogP contribution is -2.51. The average molecular weight is 350 g/mol. The van der Waals surface area contributed by atoms with E-state index < -0.39 is 0 Å². The van der Waals surface area contributed by atoms with Gasteiger partial charge in [0.15, 0.2) is 0 Å². The van der Waals surface area contributed by atoms with E-state index in [2.05, 4.69) is 5.32 Å². The van der Waals surface area contributed by atoms with Crippen LogP contribution in [0, 0.1) is 11.8 Å². The molecule has 0 aromatic heterocycles. The van der Waals surface area contributed by atoms with Gasteiger partial charge in [0.05, 0.1) is 0 Å². The highest BCUT2D eigenvalue weighted by atomic mass is 35.5. The van der Waals surface area contributed by atoms with Crippen molar-refractivity contribution in [3.05, 3.63) is 33.3 Å². The molecule has 2 aliphatic rings. The van der Waals surface area contributed by atoms with Gasteiger partial charge in [0.25, 0.3) is 0 Å². The van der Waals surface area contributed by atoms with Crippen LogP contribution in [0.3, 0.4) is 0 Å². The van der Waals surface area contributed by atoms with E-state index in [4.69, 9.17) is 23.2 Å². The highest BCUT2D eigenvalue weighted by molar-refractivity contribution is 6.35. The Balaban J connectivity index is 0.00000161. The smallest absolute Gasteiger partial charge is 0.226 e. The number of nitrogens with zero attached hydrogens (tertiary/aromatic N) is 1. The lowest BCUT2D eigenvalue weighted by molar-refractivity contribution is -0.138. The minimum absolute atomic E-state index is 0. The summed E-state index contributed by atoms with van der Waals surface area (Å²) in [7, 11) is 0. The predicted octanol–water partition coefficient (Wildman–Crippen LogP) is 3.16. The molecule has 0 aliphatic carbocycles. The number of carbonyl (C=O) groups excluding carboxylic acids is 1. The Morgan fingerprint density at radius 2 is 2.10 bits per heavy atom. The van der Waals surface area contributed by atoms with Crippen LogP contribution < -0.4 is 5.32 Å². The molecule has 2 heterocycles. The van der Waals surface area contributed by atoms with Crippen LogP contribution in [-0.4, -0.2) is 30.4 Å². The van der Waals surface area contributed by atoms with Crippen molar-refractivity contribution in [2.24, 2.45) is 11.8 Å². The molecule has 0 saturated carbocycles. The molecule has 1 N–H and O–H groups in total. The molecule has 1 unspecified atom stereocenters. The topological polar surface area (TPSA) is 32.3 Å². The van der Waals surface area contributed by atoms with Crippen molar-refractivity contribution >= 4 is 41.5 Å². The second-order valence-corrected chi connectivity index (χ2v) is 6.59. The molecular formula is C15H19Cl3N2O. The highest BCUT2D eigenvalue weighted by Gasteiger charge is 2.33. The van der Waals surface area contributed by atoms with Gasteiger partial charge in [0.1, 0.15) is 0 Å². The zero-order valence-electron chi connectivity index (χ0n) is 11.9. The number of benzene rings is 1. The molecule has 1 fully saturated rings. The molecular weight excluding hydrogens is 331 g/mol. The first kappa shape index (κ1) is 16.9. The number of nitrogens with one attached hydrogen (secondary N) is 1. The summed E-state index contributed by atoms with van der Waals surface area (Å²) in [6.45, 7) is 5.30. The van der Waals surface area contributed by atoms with Gasteiger partial charge < -0.3 is 10.2 Å². The predicted molar refractivity (Wildman–Crippen MR) is 88.4 cm³/mol. The maximum atomic E-state index is 12.5. The Morgan fingerprint density at radius 3 is 2.71 bits per heavy atom. The second kappa shape index (κ2) is 6.74. The zero-order valence-corrected chi connectivity index (χ0v) is 14.2. The van der Waals surface area contributed by atoms with Crippen LogP contribution in [0.5, 0.6) is 0 Å². The lowest BCUT2D eigenvalue weighted by atomic mass is 9.87.